The fourth-order valence-electron chi connectivity index (χ4n) is 2.17. The Balaban J connectivity index is 1.99. The third-order valence-electron chi connectivity index (χ3n) is 3.39. The smallest absolute Gasteiger partial charge is 0.224 e. The van der Waals surface area contributed by atoms with E-state index in [2.05, 4.69) is 21.2 Å². The van der Waals surface area contributed by atoms with Gasteiger partial charge in [0.1, 0.15) is 0 Å². The molecule has 1 amide bonds. The van der Waals surface area contributed by atoms with E-state index in [-0.39, 0.29) is 18.4 Å². The summed E-state index contributed by atoms with van der Waals surface area (Å²) < 4.78 is 1.03. The van der Waals surface area contributed by atoms with E-state index in [0.717, 1.165) is 15.6 Å². The minimum atomic E-state index is -0.0846. The molecule has 0 saturated carbocycles. The van der Waals surface area contributed by atoms with Crippen LogP contribution in [0.5, 0.6) is 0 Å². The van der Waals surface area contributed by atoms with Crippen molar-refractivity contribution in [1.29, 1.82) is 0 Å². The molecule has 2 rings (SSSR count). The van der Waals surface area contributed by atoms with Crippen LogP contribution in [0, 0.1) is 0 Å². The number of benzene rings is 2. The zero-order valence-electron chi connectivity index (χ0n) is 11.8. The second-order valence-electron chi connectivity index (χ2n) is 5.02. The summed E-state index contributed by atoms with van der Waals surface area (Å²) in [6.45, 7) is 1.94. The number of carbonyl (C=O) groups excluding carboxylic acids is 1. The van der Waals surface area contributed by atoms with E-state index in [4.69, 9.17) is 0 Å². The summed E-state index contributed by atoms with van der Waals surface area (Å²) >= 11 is 3.40. The lowest BCUT2D eigenvalue weighted by molar-refractivity contribution is -0.116. The van der Waals surface area contributed by atoms with E-state index in [9.17, 15) is 9.90 Å². The van der Waals surface area contributed by atoms with Gasteiger partial charge < -0.3 is 10.4 Å². The molecule has 1 atom stereocenters. The van der Waals surface area contributed by atoms with E-state index >= 15 is 0 Å². The van der Waals surface area contributed by atoms with Gasteiger partial charge in [-0.25, -0.2) is 0 Å². The number of rotatable bonds is 5. The van der Waals surface area contributed by atoms with Gasteiger partial charge in [-0.15, -0.1) is 0 Å². The molecule has 0 spiro atoms. The second-order valence-corrected chi connectivity index (χ2v) is 5.94. The molecule has 2 N–H and O–H groups in total. The summed E-state index contributed by atoms with van der Waals surface area (Å²) in [7, 11) is 0. The van der Waals surface area contributed by atoms with Crippen LogP contribution in [0.15, 0.2) is 53.0 Å². The molecule has 0 heterocycles. The van der Waals surface area contributed by atoms with Gasteiger partial charge in [0.05, 0.1) is 6.61 Å². The molecular weight excluding hydrogens is 330 g/mol. The molecule has 21 heavy (non-hydrogen) atoms. The molecule has 0 aromatic heterocycles. The minimum absolute atomic E-state index is 0.0497. The van der Waals surface area contributed by atoms with Gasteiger partial charge in [-0.1, -0.05) is 53.2 Å². The Bertz CT molecular complexity index is 610. The number of nitrogens with one attached hydrogen (secondary N) is 1. The Hall–Kier alpha value is -1.65. The SMILES string of the molecule is CC(CC(=O)Nc1ccccc1CO)c1ccc(Br)cc1. The lowest BCUT2D eigenvalue weighted by Crippen LogP contribution is -2.15. The molecule has 0 fully saturated rings. The van der Waals surface area contributed by atoms with Gasteiger partial charge in [0, 0.05) is 22.1 Å². The van der Waals surface area contributed by atoms with Crippen LogP contribution in [0.3, 0.4) is 0 Å². The Kier molecular flexibility index (Phi) is 5.53. The van der Waals surface area contributed by atoms with Crippen molar-refractivity contribution in [3.05, 3.63) is 64.1 Å². The first-order valence-corrected chi connectivity index (χ1v) is 7.63. The van der Waals surface area contributed by atoms with E-state index in [1.165, 1.54) is 0 Å². The summed E-state index contributed by atoms with van der Waals surface area (Å²) in [6, 6.07) is 15.3. The van der Waals surface area contributed by atoms with Crippen LogP contribution < -0.4 is 5.32 Å². The van der Waals surface area contributed by atoms with Crippen molar-refractivity contribution in [1.82, 2.24) is 0 Å². The van der Waals surface area contributed by atoms with Crippen LogP contribution in [0.4, 0.5) is 5.69 Å². The predicted molar refractivity (Wildman–Crippen MR) is 88.2 cm³/mol. The van der Waals surface area contributed by atoms with Crippen molar-refractivity contribution < 1.29 is 9.90 Å². The fourth-order valence-corrected chi connectivity index (χ4v) is 2.43. The number of aliphatic hydroxyl groups is 1. The third kappa shape index (κ3) is 4.41. The topological polar surface area (TPSA) is 49.3 Å². The number of hydrogen-bond donors (Lipinski definition) is 2. The van der Waals surface area contributed by atoms with Gasteiger partial charge in [-0.3, -0.25) is 4.79 Å². The zero-order valence-corrected chi connectivity index (χ0v) is 13.4. The standard InChI is InChI=1S/C17H18BrNO2/c1-12(13-6-8-15(18)9-7-13)10-17(21)19-16-5-3-2-4-14(16)11-20/h2-9,12,20H,10-11H2,1H3,(H,19,21). The van der Waals surface area contributed by atoms with Crippen molar-refractivity contribution >= 4 is 27.5 Å². The maximum absolute atomic E-state index is 12.1. The number of hydrogen-bond acceptors (Lipinski definition) is 2. The second kappa shape index (κ2) is 7.38. The largest absolute Gasteiger partial charge is 0.392 e. The first-order valence-electron chi connectivity index (χ1n) is 6.84. The molecule has 1 unspecified atom stereocenters. The maximum Gasteiger partial charge on any atom is 0.224 e. The van der Waals surface area contributed by atoms with Crippen molar-refractivity contribution in [2.75, 3.05) is 5.32 Å². The van der Waals surface area contributed by atoms with Crippen LogP contribution >= 0.6 is 15.9 Å². The highest BCUT2D eigenvalue weighted by molar-refractivity contribution is 9.10. The first kappa shape index (κ1) is 15.7. The molecule has 0 aliphatic heterocycles. The van der Waals surface area contributed by atoms with E-state index in [1.807, 2.05) is 43.3 Å². The molecule has 0 saturated heterocycles. The third-order valence-corrected chi connectivity index (χ3v) is 3.92. The number of halogens is 1. The number of aliphatic hydroxyl groups excluding tert-OH is 1. The summed E-state index contributed by atoms with van der Waals surface area (Å²) in [6.07, 6.45) is 0.404. The highest BCUT2D eigenvalue weighted by Crippen LogP contribution is 2.22. The van der Waals surface area contributed by atoms with Crippen LogP contribution in [0.2, 0.25) is 0 Å². The Morgan fingerprint density at radius 2 is 1.86 bits per heavy atom. The Labute approximate surface area is 133 Å². The summed E-state index contributed by atoms with van der Waals surface area (Å²) in [4.78, 5) is 12.1. The number of anilines is 1. The molecule has 110 valence electrons. The van der Waals surface area contributed by atoms with Crippen molar-refractivity contribution in [2.45, 2.75) is 25.9 Å². The van der Waals surface area contributed by atoms with Gasteiger partial charge in [-0.2, -0.15) is 0 Å². The minimum Gasteiger partial charge on any atom is -0.392 e. The molecule has 0 aliphatic rings. The van der Waals surface area contributed by atoms with Crippen LogP contribution in [0.25, 0.3) is 0 Å². The normalized spacial score (nSPS) is 12.0. The maximum atomic E-state index is 12.1. The number of para-hydroxylation sites is 1. The van der Waals surface area contributed by atoms with Gasteiger partial charge in [0.25, 0.3) is 0 Å². The Morgan fingerprint density at radius 1 is 1.19 bits per heavy atom. The van der Waals surface area contributed by atoms with Crippen LogP contribution in [-0.2, 0) is 11.4 Å². The molecule has 2 aromatic carbocycles. The molecule has 0 aliphatic carbocycles. The van der Waals surface area contributed by atoms with Gasteiger partial charge in [-0.05, 0) is 29.7 Å². The monoisotopic (exact) mass is 347 g/mol. The van der Waals surface area contributed by atoms with Crippen LogP contribution in [0.1, 0.15) is 30.4 Å². The van der Waals surface area contributed by atoms with E-state index in [0.29, 0.717) is 12.1 Å². The van der Waals surface area contributed by atoms with E-state index in [1.54, 1.807) is 12.1 Å². The zero-order chi connectivity index (χ0) is 15.2. The molecule has 2 aromatic rings. The fraction of sp³-hybridized carbons (Fsp3) is 0.235. The lowest BCUT2D eigenvalue weighted by Gasteiger charge is -2.13. The molecule has 0 bridgehead atoms. The van der Waals surface area contributed by atoms with Gasteiger partial charge in [0.2, 0.25) is 5.91 Å². The predicted octanol–water partition coefficient (Wildman–Crippen LogP) is 4.07. The van der Waals surface area contributed by atoms with Crippen molar-refractivity contribution in [3.63, 3.8) is 0 Å². The highest BCUT2D eigenvalue weighted by Gasteiger charge is 2.12. The first-order chi connectivity index (χ1) is 10.1. The average Bonchev–Trinajstić information content (AvgIpc) is 2.48. The number of carbonyl (C=O) groups is 1. The molecule has 0 radical (unpaired) electrons. The quantitative estimate of drug-likeness (QED) is 0.856. The van der Waals surface area contributed by atoms with Crippen molar-refractivity contribution in [2.24, 2.45) is 0 Å². The Morgan fingerprint density at radius 3 is 2.52 bits per heavy atom. The summed E-state index contributed by atoms with van der Waals surface area (Å²) in [5.74, 6) is 0.0886. The van der Waals surface area contributed by atoms with Gasteiger partial charge in [0.15, 0.2) is 0 Å². The van der Waals surface area contributed by atoms with E-state index < -0.39 is 0 Å². The molecule has 3 nitrogen and oxygen atoms in total. The highest BCUT2D eigenvalue weighted by atomic mass is 79.9. The van der Waals surface area contributed by atoms with Crippen LogP contribution in [-0.4, -0.2) is 11.0 Å². The molecular formula is C17H18BrNO2. The molecule has 4 heteroatoms. The average molecular weight is 348 g/mol. The summed E-state index contributed by atoms with van der Waals surface area (Å²) in [5, 5.41) is 12.1. The summed E-state index contributed by atoms with van der Waals surface area (Å²) in [5.41, 5.74) is 2.53. The van der Waals surface area contributed by atoms with Gasteiger partial charge >= 0.3 is 0 Å². The van der Waals surface area contributed by atoms with Crippen molar-refractivity contribution in [3.8, 4) is 0 Å². The lowest BCUT2D eigenvalue weighted by atomic mass is 9.97. The number of amides is 1.